The average molecular weight is 372 g/mol. The van der Waals surface area contributed by atoms with Crippen LogP contribution in [0, 0.1) is 0 Å². The zero-order valence-electron chi connectivity index (χ0n) is 13.3. The number of para-hydroxylation sites is 1. The van der Waals surface area contributed by atoms with E-state index in [0.717, 1.165) is 26.6 Å². The van der Waals surface area contributed by atoms with E-state index in [9.17, 15) is 4.79 Å². The zero-order chi connectivity index (χ0) is 16.6. The third-order valence-corrected chi connectivity index (χ3v) is 4.24. The standard InChI is InChI=1S/C19H18BrNO2/c1-19(2,3)23-18(22)21-15-12-8-7-11-14(15)16(20)17(21)13-9-5-4-6-10-13/h4-12H,1-3H3. The van der Waals surface area contributed by atoms with Crippen LogP contribution in [-0.4, -0.2) is 16.3 Å². The SMILES string of the molecule is CC(C)(C)OC(=O)n1c(-c2ccccc2)c(Br)c2ccccc21. The molecule has 23 heavy (non-hydrogen) atoms. The van der Waals surface area contributed by atoms with Gasteiger partial charge in [-0.25, -0.2) is 9.36 Å². The fourth-order valence-corrected chi connectivity index (χ4v) is 3.29. The molecule has 1 aromatic heterocycles. The highest BCUT2D eigenvalue weighted by atomic mass is 79.9. The molecule has 0 aliphatic carbocycles. The number of ether oxygens (including phenoxy) is 1. The Morgan fingerprint density at radius 2 is 1.61 bits per heavy atom. The number of benzene rings is 2. The number of aromatic nitrogens is 1. The molecule has 0 saturated heterocycles. The second-order valence-corrected chi connectivity index (χ2v) is 7.15. The van der Waals surface area contributed by atoms with Crippen molar-refractivity contribution in [3.63, 3.8) is 0 Å². The van der Waals surface area contributed by atoms with Crippen LogP contribution in [0.1, 0.15) is 20.8 Å². The normalized spacial score (nSPS) is 11.7. The van der Waals surface area contributed by atoms with Gasteiger partial charge in [-0.2, -0.15) is 0 Å². The molecular weight excluding hydrogens is 354 g/mol. The molecule has 4 heteroatoms. The Labute approximate surface area is 144 Å². The Balaban J connectivity index is 2.28. The summed E-state index contributed by atoms with van der Waals surface area (Å²) in [6.45, 7) is 5.61. The van der Waals surface area contributed by atoms with Crippen LogP contribution in [0.15, 0.2) is 59.1 Å². The number of carbonyl (C=O) groups excluding carboxylic acids is 1. The lowest BCUT2D eigenvalue weighted by Gasteiger charge is -2.21. The van der Waals surface area contributed by atoms with Gasteiger partial charge in [-0.3, -0.25) is 0 Å². The van der Waals surface area contributed by atoms with Crippen LogP contribution >= 0.6 is 15.9 Å². The van der Waals surface area contributed by atoms with Crippen molar-refractivity contribution in [2.75, 3.05) is 0 Å². The Morgan fingerprint density at radius 3 is 2.26 bits per heavy atom. The largest absolute Gasteiger partial charge is 0.443 e. The van der Waals surface area contributed by atoms with Crippen molar-refractivity contribution in [2.45, 2.75) is 26.4 Å². The molecule has 118 valence electrons. The smallest absolute Gasteiger partial charge is 0.419 e. The predicted octanol–water partition coefficient (Wildman–Crippen LogP) is 5.85. The van der Waals surface area contributed by atoms with Crippen LogP contribution in [0.2, 0.25) is 0 Å². The summed E-state index contributed by atoms with van der Waals surface area (Å²) in [7, 11) is 0. The lowest BCUT2D eigenvalue weighted by Crippen LogP contribution is -2.27. The first kappa shape index (κ1) is 15.8. The predicted molar refractivity (Wildman–Crippen MR) is 96.7 cm³/mol. The minimum atomic E-state index is -0.553. The van der Waals surface area contributed by atoms with Crippen molar-refractivity contribution < 1.29 is 9.53 Å². The third-order valence-electron chi connectivity index (χ3n) is 3.44. The number of hydrogen-bond donors (Lipinski definition) is 0. The minimum Gasteiger partial charge on any atom is -0.443 e. The van der Waals surface area contributed by atoms with Gasteiger partial charge in [-0.15, -0.1) is 0 Å². The second-order valence-electron chi connectivity index (χ2n) is 6.36. The van der Waals surface area contributed by atoms with E-state index in [-0.39, 0.29) is 6.09 Å². The van der Waals surface area contributed by atoms with Gasteiger partial charge < -0.3 is 4.74 Å². The fourth-order valence-electron chi connectivity index (χ4n) is 2.55. The summed E-state index contributed by atoms with van der Waals surface area (Å²) >= 11 is 3.66. The molecule has 0 spiro atoms. The molecule has 0 aliphatic rings. The molecule has 0 bridgehead atoms. The molecule has 0 N–H and O–H groups in total. The molecule has 0 radical (unpaired) electrons. The minimum absolute atomic E-state index is 0.377. The maximum atomic E-state index is 12.8. The lowest BCUT2D eigenvalue weighted by molar-refractivity contribution is 0.0547. The molecule has 0 aliphatic heterocycles. The molecule has 1 heterocycles. The van der Waals surface area contributed by atoms with E-state index < -0.39 is 5.60 Å². The fraction of sp³-hybridized carbons (Fsp3) is 0.211. The third kappa shape index (κ3) is 3.04. The number of halogens is 1. The van der Waals surface area contributed by atoms with Crippen LogP contribution in [0.25, 0.3) is 22.2 Å². The topological polar surface area (TPSA) is 31.2 Å². The monoisotopic (exact) mass is 371 g/mol. The van der Waals surface area contributed by atoms with Gasteiger partial charge in [-0.1, -0.05) is 48.5 Å². The molecular formula is C19H18BrNO2. The van der Waals surface area contributed by atoms with Gasteiger partial charge in [0.15, 0.2) is 0 Å². The van der Waals surface area contributed by atoms with Crippen LogP contribution in [0.5, 0.6) is 0 Å². The van der Waals surface area contributed by atoms with Gasteiger partial charge in [0.1, 0.15) is 5.60 Å². The Kier molecular flexibility index (Phi) is 4.02. The Morgan fingerprint density at radius 1 is 1.00 bits per heavy atom. The Bertz CT molecular complexity index is 860. The van der Waals surface area contributed by atoms with Crippen LogP contribution in [-0.2, 0) is 4.74 Å². The van der Waals surface area contributed by atoms with E-state index in [2.05, 4.69) is 15.9 Å². The van der Waals surface area contributed by atoms with Crippen LogP contribution in [0.4, 0.5) is 4.79 Å². The maximum absolute atomic E-state index is 12.8. The summed E-state index contributed by atoms with van der Waals surface area (Å²) < 4.78 is 8.14. The van der Waals surface area contributed by atoms with Crippen molar-refractivity contribution >= 4 is 32.9 Å². The van der Waals surface area contributed by atoms with Crippen LogP contribution < -0.4 is 0 Å². The first-order valence-electron chi connectivity index (χ1n) is 7.46. The van der Waals surface area contributed by atoms with Crippen molar-refractivity contribution in [3.8, 4) is 11.3 Å². The second kappa shape index (κ2) is 5.85. The summed E-state index contributed by atoms with van der Waals surface area (Å²) in [5, 5.41) is 0.984. The highest BCUT2D eigenvalue weighted by molar-refractivity contribution is 9.10. The number of rotatable bonds is 1. The van der Waals surface area contributed by atoms with Gasteiger partial charge in [-0.05, 0) is 48.3 Å². The van der Waals surface area contributed by atoms with Crippen LogP contribution in [0.3, 0.4) is 0 Å². The molecule has 3 rings (SSSR count). The summed E-state index contributed by atoms with van der Waals surface area (Å²) in [5.74, 6) is 0. The van der Waals surface area contributed by atoms with E-state index in [1.807, 2.05) is 75.4 Å². The number of fused-ring (bicyclic) bond motifs is 1. The van der Waals surface area contributed by atoms with E-state index in [1.54, 1.807) is 4.57 Å². The number of hydrogen-bond acceptors (Lipinski definition) is 2. The van der Waals surface area contributed by atoms with Gasteiger partial charge in [0.2, 0.25) is 0 Å². The van der Waals surface area contributed by atoms with Crippen molar-refractivity contribution in [1.82, 2.24) is 4.57 Å². The number of carbonyl (C=O) groups is 1. The van der Waals surface area contributed by atoms with Gasteiger partial charge in [0, 0.05) is 5.39 Å². The molecule has 2 aromatic carbocycles. The summed E-state index contributed by atoms with van der Waals surface area (Å²) in [5.41, 5.74) is 2.04. The maximum Gasteiger partial charge on any atom is 0.419 e. The quantitative estimate of drug-likeness (QED) is 0.536. The van der Waals surface area contributed by atoms with E-state index >= 15 is 0 Å². The van der Waals surface area contributed by atoms with E-state index in [0.29, 0.717) is 0 Å². The first-order valence-corrected chi connectivity index (χ1v) is 8.25. The van der Waals surface area contributed by atoms with Crippen molar-refractivity contribution in [2.24, 2.45) is 0 Å². The van der Waals surface area contributed by atoms with Gasteiger partial charge in [0.25, 0.3) is 0 Å². The average Bonchev–Trinajstić information content (AvgIpc) is 2.80. The summed E-state index contributed by atoms with van der Waals surface area (Å²) in [4.78, 5) is 12.8. The zero-order valence-corrected chi connectivity index (χ0v) is 14.9. The van der Waals surface area contributed by atoms with E-state index in [4.69, 9.17) is 4.74 Å². The summed E-state index contributed by atoms with van der Waals surface area (Å²) in [6, 6.07) is 17.6. The Hall–Kier alpha value is -2.07. The number of nitrogens with zero attached hydrogens (tertiary/aromatic N) is 1. The van der Waals surface area contributed by atoms with Crippen molar-refractivity contribution in [1.29, 1.82) is 0 Å². The molecule has 3 nitrogen and oxygen atoms in total. The molecule has 3 aromatic rings. The molecule has 0 amide bonds. The molecule has 0 unspecified atom stereocenters. The van der Waals surface area contributed by atoms with Crippen molar-refractivity contribution in [3.05, 3.63) is 59.1 Å². The van der Waals surface area contributed by atoms with Gasteiger partial charge in [0.05, 0.1) is 15.7 Å². The highest BCUT2D eigenvalue weighted by Gasteiger charge is 2.25. The molecule has 0 atom stereocenters. The molecule has 0 fully saturated rings. The lowest BCUT2D eigenvalue weighted by atomic mass is 10.1. The summed E-state index contributed by atoms with van der Waals surface area (Å²) in [6.07, 6.45) is -0.377. The van der Waals surface area contributed by atoms with E-state index in [1.165, 1.54) is 0 Å². The highest BCUT2D eigenvalue weighted by Crippen LogP contribution is 2.38. The molecule has 0 saturated carbocycles. The first-order chi connectivity index (χ1) is 10.9. The van der Waals surface area contributed by atoms with Gasteiger partial charge >= 0.3 is 6.09 Å².